The molecule has 1 aromatic carbocycles. The summed E-state index contributed by atoms with van der Waals surface area (Å²) < 4.78 is 27.3. The molecule has 156 valence electrons. The molecule has 1 saturated heterocycles. The first-order valence-electron chi connectivity index (χ1n) is 9.22. The minimum absolute atomic E-state index is 0.165. The molecule has 1 amide bonds. The van der Waals surface area contributed by atoms with Crippen molar-refractivity contribution < 1.29 is 28.5 Å². The second kappa shape index (κ2) is 9.31. The van der Waals surface area contributed by atoms with E-state index < -0.39 is 0 Å². The third kappa shape index (κ3) is 4.28. The molecule has 0 radical (unpaired) electrons. The van der Waals surface area contributed by atoms with E-state index in [1.807, 2.05) is 0 Å². The van der Waals surface area contributed by atoms with Crippen LogP contribution in [0.1, 0.15) is 23.2 Å². The monoisotopic (exact) mass is 403 g/mol. The quantitative estimate of drug-likeness (QED) is 0.695. The molecule has 0 saturated carbocycles. The van der Waals surface area contributed by atoms with Crippen molar-refractivity contribution in [2.24, 2.45) is 0 Å². The predicted octanol–water partition coefficient (Wildman–Crippen LogP) is 2.19. The highest BCUT2D eigenvalue weighted by Gasteiger charge is 2.30. The summed E-state index contributed by atoms with van der Waals surface area (Å²) in [6.07, 6.45) is 4.45. The summed E-state index contributed by atoms with van der Waals surface area (Å²) in [5.41, 5.74) is 0.405. The van der Waals surface area contributed by atoms with Gasteiger partial charge in [-0.2, -0.15) is 0 Å². The van der Waals surface area contributed by atoms with E-state index in [0.29, 0.717) is 47.7 Å². The number of carbonyl (C=O) groups excluding carboxylic acids is 1. The smallest absolute Gasteiger partial charge is 0.278 e. The zero-order valence-electron chi connectivity index (χ0n) is 17.0. The summed E-state index contributed by atoms with van der Waals surface area (Å²) in [7, 11) is 6.05. The number of aromatic nitrogens is 2. The van der Waals surface area contributed by atoms with Crippen LogP contribution in [0.25, 0.3) is 0 Å². The SMILES string of the molecule is COc1ccc(C(=O)N2CCCC(Oc3nccnc3OC)C2)c(OC)c1OC. The van der Waals surface area contributed by atoms with Gasteiger partial charge in [-0.05, 0) is 25.0 Å². The van der Waals surface area contributed by atoms with Gasteiger partial charge in [0.1, 0.15) is 6.10 Å². The molecule has 0 bridgehead atoms. The number of amides is 1. The van der Waals surface area contributed by atoms with Gasteiger partial charge in [0.25, 0.3) is 17.7 Å². The third-order valence-electron chi connectivity index (χ3n) is 4.70. The minimum atomic E-state index is -0.218. The Kier molecular flexibility index (Phi) is 6.58. The average molecular weight is 403 g/mol. The number of hydrogen-bond acceptors (Lipinski definition) is 8. The molecule has 0 N–H and O–H groups in total. The lowest BCUT2D eigenvalue weighted by Gasteiger charge is -2.33. The van der Waals surface area contributed by atoms with E-state index in [0.717, 1.165) is 12.8 Å². The van der Waals surface area contributed by atoms with Crippen LogP contribution in [0.15, 0.2) is 24.5 Å². The number of likely N-dealkylation sites (tertiary alicyclic amines) is 1. The molecule has 0 spiro atoms. The molecule has 1 fully saturated rings. The lowest BCUT2D eigenvalue weighted by atomic mass is 10.1. The van der Waals surface area contributed by atoms with Crippen molar-refractivity contribution in [3.63, 3.8) is 0 Å². The molecule has 1 unspecified atom stereocenters. The molecule has 2 aromatic rings. The fourth-order valence-corrected chi connectivity index (χ4v) is 3.35. The van der Waals surface area contributed by atoms with Crippen LogP contribution in [-0.4, -0.2) is 68.4 Å². The molecule has 9 heteroatoms. The van der Waals surface area contributed by atoms with E-state index >= 15 is 0 Å². The fourth-order valence-electron chi connectivity index (χ4n) is 3.35. The van der Waals surface area contributed by atoms with Gasteiger partial charge in [0.2, 0.25) is 5.75 Å². The number of hydrogen-bond donors (Lipinski definition) is 0. The molecular formula is C20H25N3O6. The summed E-state index contributed by atoms with van der Waals surface area (Å²) in [5.74, 6) is 1.69. The number of benzene rings is 1. The normalized spacial score (nSPS) is 16.1. The zero-order valence-corrected chi connectivity index (χ0v) is 17.0. The van der Waals surface area contributed by atoms with Gasteiger partial charge >= 0.3 is 0 Å². The second-order valence-corrected chi connectivity index (χ2v) is 6.39. The molecule has 29 heavy (non-hydrogen) atoms. The van der Waals surface area contributed by atoms with E-state index in [1.165, 1.54) is 40.8 Å². The Morgan fingerprint density at radius 3 is 2.34 bits per heavy atom. The minimum Gasteiger partial charge on any atom is -0.493 e. The molecule has 0 aliphatic carbocycles. The first-order chi connectivity index (χ1) is 14.1. The van der Waals surface area contributed by atoms with Crippen molar-refractivity contribution in [3.8, 4) is 29.0 Å². The third-order valence-corrected chi connectivity index (χ3v) is 4.70. The van der Waals surface area contributed by atoms with Crippen LogP contribution < -0.4 is 23.7 Å². The standard InChI is InChI=1S/C20H25N3O6/c1-25-15-8-7-14(16(26-2)17(15)27-3)20(24)23-11-5-6-13(12-23)29-19-18(28-4)21-9-10-22-19/h7-10,13H,5-6,11-12H2,1-4H3. The Labute approximate surface area is 169 Å². The van der Waals surface area contributed by atoms with Crippen LogP contribution in [0.3, 0.4) is 0 Å². The number of carbonyl (C=O) groups is 1. The molecule has 2 heterocycles. The maximum atomic E-state index is 13.2. The molecule has 1 aromatic heterocycles. The molecule has 1 atom stereocenters. The van der Waals surface area contributed by atoms with Crippen LogP contribution >= 0.6 is 0 Å². The Bertz CT molecular complexity index is 860. The van der Waals surface area contributed by atoms with Gasteiger partial charge in [0.05, 0.1) is 40.5 Å². The van der Waals surface area contributed by atoms with Gasteiger partial charge in [-0.15, -0.1) is 0 Å². The van der Waals surface area contributed by atoms with Gasteiger partial charge in [0, 0.05) is 18.9 Å². The van der Waals surface area contributed by atoms with Crippen LogP contribution in [0.5, 0.6) is 29.0 Å². The summed E-state index contributed by atoms with van der Waals surface area (Å²) in [6, 6.07) is 3.37. The number of rotatable bonds is 7. The van der Waals surface area contributed by atoms with Gasteiger partial charge in [-0.25, -0.2) is 9.97 Å². The fraction of sp³-hybridized carbons (Fsp3) is 0.450. The van der Waals surface area contributed by atoms with Gasteiger partial charge in [-0.3, -0.25) is 4.79 Å². The van der Waals surface area contributed by atoms with Crippen molar-refractivity contribution in [1.29, 1.82) is 0 Å². The number of methoxy groups -OCH3 is 4. The molecule has 3 rings (SSSR count). The van der Waals surface area contributed by atoms with E-state index in [4.69, 9.17) is 23.7 Å². The van der Waals surface area contributed by atoms with Crippen molar-refractivity contribution in [2.45, 2.75) is 18.9 Å². The molecular weight excluding hydrogens is 378 g/mol. The second-order valence-electron chi connectivity index (χ2n) is 6.39. The number of nitrogens with zero attached hydrogens (tertiary/aromatic N) is 3. The van der Waals surface area contributed by atoms with Gasteiger partial charge in [0.15, 0.2) is 11.5 Å². The van der Waals surface area contributed by atoms with E-state index in [2.05, 4.69) is 9.97 Å². The van der Waals surface area contributed by atoms with Crippen LogP contribution in [-0.2, 0) is 0 Å². The highest BCUT2D eigenvalue weighted by atomic mass is 16.5. The van der Waals surface area contributed by atoms with Gasteiger partial charge in [-0.1, -0.05) is 0 Å². The summed E-state index contributed by atoms with van der Waals surface area (Å²) in [6.45, 7) is 1.03. The largest absolute Gasteiger partial charge is 0.493 e. The summed E-state index contributed by atoms with van der Waals surface area (Å²) in [4.78, 5) is 23.2. The van der Waals surface area contributed by atoms with Crippen molar-refractivity contribution in [1.82, 2.24) is 14.9 Å². The van der Waals surface area contributed by atoms with E-state index in [9.17, 15) is 4.79 Å². The van der Waals surface area contributed by atoms with Crippen LogP contribution in [0.2, 0.25) is 0 Å². The molecule has 1 aliphatic rings. The number of piperidine rings is 1. The number of ether oxygens (including phenoxy) is 5. The van der Waals surface area contributed by atoms with Gasteiger partial charge < -0.3 is 28.6 Å². The average Bonchev–Trinajstić information content (AvgIpc) is 2.77. The van der Waals surface area contributed by atoms with Crippen molar-refractivity contribution >= 4 is 5.91 Å². The Morgan fingerprint density at radius 2 is 1.69 bits per heavy atom. The van der Waals surface area contributed by atoms with E-state index in [1.54, 1.807) is 17.0 Å². The maximum absolute atomic E-state index is 13.2. The Morgan fingerprint density at radius 1 is 0.966 bits per heavy atom. The topological polar surface area (TPSA) is 92.2 Å². The van der Waals surface area contributed by atoms with Crippen LogP contribution in [0.4, 0.5) is 0 Å². The Balaban J connectivity index is 1.79. The predicted molar refractivity (Wildman–Crippen MR) is 104 cm³/mol. The molecule has 9 nitrogen and oxygen atoms in total. The maximum Gasteiger partial charge on any atom is 0.278 e. The van der Waals surface area contributed by atoms with Crippen molar-refractivity contribution in [2.75, 3.05) is 41.5 Å². The molecule has 1 aliphatic heterocycles. The summed E-state index contributed by atoms with van der Waals surface area (Å²) in [5, 5.41) is 0. The highest BCUT2D eigenvalue weighted by Crippen LogP contribution is 2.40. The van der Waals surface area contributed by atoms with Crippen molar-refractivity contribution in [3.05, 3.63) is 30.1 Å². The van der Waals surface area contributed by atoms with E-state index in [-0.39, 0.29) is 12.0 Å². The first kappa shape index (κ1) is 20.5. The highest BCUT2D eigenvalue weighted by molar-refractivity contribution is 5.98. The Hall–Kier alpha value is -3.23. The summed E-state index contributed by atoms with van der Waals surface area (Å²) >= 11 is 0. The first-order valence-corrected chi connectivity index (χ1v) is 9.22. The zero-order chi connectivity index (χ0) is 20.8. The lowest BCUT2D eigenvalue weighted by molar-refractivity contribution is 0.0516. The van der Waals surface area contributed by atoms with Crippen LogP contribution in [0, 0.1) is 0 Å². The lowest BCUT2D eigenvalue weighted by Crippen LogP contribution is -2.44.